The van der Waals surface area contributed by atoms with Crippen molar-refractivity contribution in [2.45, 2.75) is 25.7 Å². The predicted molar refractivity (Wildman–Crippen MR) is 72.7 cm³/mol. The highest BCUT2D eigenvalue weighted by molar-refractivity contribution is 5.93. The third-order valence-corrected chi connectivity index (χ3v) is 3.98. The molecule has 0 radical (unpaired) electrons. The van der Waals surface area contributed by atoms with Crippen molar-refractivity contribution >= 4 is 5.91 Å². The number of nitrogens with one attached hydrogen (secondary N) is 1. The molecule has 1 fully saturated rings. The summed E-state index contributed by atoms with van der Waals surface area (Å²) >= 11 is 0. The van der Waals surface area contributed by atoms with Gasteiger partial charge in [0.15, 0.2) is 5.69 Å². The molecule has 1 aliphatic heterocycles. The maximum absolute atomic E-state index is 12.1. The van der Waals surface area contributed by atoms with E-state index in [2.05, 4.69) is 15.4 Å². The van der Waals surface area contributed by atoms with E-state index in [9.17, 15) is 4.79 Å². The first-order valence-electron chi connectivity index (χ1n) is 7.40. The quantitative estimate of drug-likeness (QED) is 0.875. The first kappa shape index (κ1) is 13.6. The Hall–Kier alpha value is -1.40. The van der Waals surface area contributed by atoms with Crippen molar-refractivity contribution in [3.63, 3.8) is 0 Å². The van der Waals surface area contributed by atoms with Crippen molar-refractivity contribution in [3.8, 4) is 0 Å². The molecule has 1 amide bonds. The minimum atomic E-state index is -0.106. The van der Waals surface area contributed by atoms with E-state index in [0.717, 1.165) is 69.9 Å². The van der Waals surface area contributed by atoms with E-state index in [1.54, 1.807) is 0 Å². The fourth-order valence-electron chi connectivity index (χ4n) is 2.80. The van der Waals surface area contributed by atoms with Crippen LogP contribution in [-0.2, 0) is 17.6 Å². The highest BCUT2D eigenvalue weighted by Gasteiger charge is 2.23. The van der Waals surface area contributed by atoms with E-state index in [0.29, 0.717) is 12.2 Å². The van der Waals surface area contributed by atoms with Gasteiger partial charge in [-0.2, -0.15) is 0 Å². The number of carbonyl (C=O) groups excluding carboxylic acids is 1. The van der Waals surface area contributed by atoms with Crippen molar-refractivity contribution in [2.75, 3.05) is 39.4 Å². The van der Waals surface area contributed by atoms with Crippen molar-refractivity contribution in [3.05, 3.63) is 17.0 Å². The van der Waals surface area contributed by atoms with Crippen LogP contribution in [0.1, 0.15) is 34.7 Å². The Balaban J connectivity index is 1.50. The summed E-state index contributed by atoms with van der Waals surface area (Å²) in [6.07, 6.45) is 4.05. The molecular formula is C14H21N3O3. The number of hydrogen-bond donors (Lipinski definition) is 1. The molecule has 0 atom stereocenters. The average molecular weight is 279 g/mol. The highest BCUT2D eigenvalue weighted by atomic mass is 16.5. The molecule has 3 rings (SSSR count). The molecule has 20 heavy (non-hydrogen) atoms. The van der Waals surface area contributed by atoms with Gasteiger partial charge in [0.05, 0.1) is 13.2 Å². The summed E-state index contributed by atoms with van der Waals surface area (Å²) in [6, 6.07) is 0. The molecule has 0 aromatic carbocycles. The Morgan fingerprint density at radius 3 is 2.90 bits per heavy atom. The van der Waals surface area contributed by atoms with Crippen molar-refractivity contribution in [2.24, 2.45) is 0 Å². The fourth-order valence-corrected chi connectivity index (χ4v) is 2.80. The summed E-state index contributed by atoms with van der Waals surface area (Å²) in [4.78, 5) is 14.4. The normalized spacial score (nSPS) is 19.6. The number of carbonyl (C=O) groups is 1. The van der Waals surface area contributed by atoms with Gasteiger partial charge in [0.2, 0.25) is 0 Å². The third kappa shape index (κ3) is 3.02. The summed E-state index contributed by atoms with van der Waals surface area (Å²) in [6.45, 7) is 4.94. The van der Waals surface area contributed by atoms with Gasteiger partial charge in [-0.15, -0.1) is 0 Å². The van der Waals surface area contributed by atoms with E-state index in [4.69, 9.17) is 9.26 Å². The molecule has 0 unspecified atom stereocenters. The molecule has 2 heterocycles. The Bertz CT molecular complexity index is 466. The van der Waals surface area contributed by atoms with Gasteiger partial charge in [-0.3, -0.25) is 9.69 Å². The maximum atomic E-state index is 12.1. The average Bonchev–Trinajstić information content (AvgIpc) is 2.92. The smallest absolute Gasteiger partial charge is 0.273 e. The first-order chi connectivity index (χ1) is 9.84. The molecule has 110 valence electrons. The van der Waals surface area contributed by atoms with E-state index in [1.165, 1.54) is 0 Å². The minimum absolute atomic E-state index is 0.106. The van der Waals surface area contributed by atoms with Gasteiger partial charge < -0.3 is 14.6 Å². The lowest BCUT2D eigenvalue weighted by atomic mass is 9.96. The van der Waals surface area contributed by atoms with E-state index >= 15 is 0 Å². The zero-order chi connectivity index (χ0) is 13.8. The van der Waals surface area contributed by atoms with Crippen molar-refractivity contribution < 1.29 is 14.1 Å². The Morgan fingerprint density at radius 2 is 2.05 bits per heavy atom. The number of aromatic nitrogens is 1. The molecule has 0 saturated carbocycles. The van der Waals surface area contributed by atoms with Crippen LogP contribution in [0.3, 0.4) is 0 Å². The molecule has 0 spiro atoms. The van der Waals surface area contributed by atoms with Crippen LogP contribution in [0, 0.1) is 0 Å². The zero-order valence-corrected chi connectivity index (χ0v) is 11.7. The lowest BCUT2D eigenvalue weighted by Crippen LogP contribution is -2.41. The van der Waals surface area contributed by atoms with Crippen molar-refractivity contribution in [1.29, 1.82) is 0 Å². The molecule has 6 heteroatoms. The lowest BCUT2D eigenvalue weighted by Gasteiger charge is -2.26. The molecule has 1 aliphatic carbocycles. The second-order valence-electron chi connectivity index (χ2n) is 5.35. The lowest BCUT2D eigenvalue weighted by molar-refractivity contribution is 0.0383. The van der Waals surface area contributed by atoms with Gasteiger partial charge in [-0.1, -0.05) is 5.16 Å². The largest absolute Gasteiger partial charge is 0.379 e. The molecule has 1 aromatic heterocycles. The summed E-state index contributed by atoms with van der Waals surface area (Å²) in [5.74, 6) is 0.791. The van der Waals surface area contributed by atoms with Crippen LogP contribution in [-0.4, -0.2) is 55.4 Å². The summed E-state index contributed by atoms with van der Waals surface area (Å²) in [7, 11) is 0. The summed E-state index contributed by atoms with van der Waals surface area (Å²) in [5.41, 5.74) is 1.50. The maximum Gasteiger partial charge on any atom is 0.273 e. The standard InChI is InChI=1S/C14H21N3O3/c18-14(15-5-6-17-7-9-19-10-8-17)13-11-3-1-2-4-12(11)20-16-13/h1-10H2,(H,15,18). The van der Waals surface area contributed by atoms with Gasteiger partial charge in [-0.05, 0) is 19.3 Å². The number of rotatable bonds is 4. The monoisotopic (exact) mass is 279 g/mol. The SMILES string of the molecule is O=C(NCCN1CCOCC1)c1noc2c1CCCC2. The summed E-state index contributed by atoms with van der Waals surface area (Å²) in [5, 5.41) is 6.88. The van der Waals surface area contributed by atoms with Crippen LogP contribution in [0.5, 0.6) is 0 Å². The van der Waals surface area contributed by atoms with Crippen molar-refractivity contribution in [1.82, 2.24) is 15.4 Å². The molecular weight excluding hydrogens is 258 g/mol. The van der Waals surface area contributed by atoms with Crippen LogP contribution in [0.4, 0.5) is 0 Å². The van der Waals surface area contributed by atoms with E-state index in [1.807, 2.05) is 0 Å². The first-order valence-corrected chi connectivity index (χ1v) is 7.40. The molecule has 0 bridgehead atoms. The van der Waals surface area contributed by atoms with Gasteiger partial charge >= 0.3 is 0 Å². The van der Waals surface area contributed by atoms with Crippen LogP contribution in [0.15, 0.2) is 4.52 Å². The number of nitrogens with zero attached hydrogens (tertiary/aromatic N) is 2. The number of fused-ring (bicyclic) bond motifs is 1. The molecule has 2 aliphatic rings. The van der Waals surface area contributed by atoms with Crippen LogP contribution < -0.4 is 5.32 Å². The Morgan fingerprint density at radius 1 is 1.25 bits per heavy atom. The predicted octanol–water partition coefficient (Wildman–Crippen LogP) is 0.615. The minimum Gasteiger partial charge on any atom is -0.379 e. The van der Waals surface area contributed by atoms with Gasteiger partial charge in [0.1, 0.15) is 5.76 Å². The molecule has 1 aromatic rings. The zero-order valence-electron chi connectivity index (χ0n) is 11.7. The Labute approximate surface area is 118 Å². The number of hydrogen-bond acceptors (Lipinski definition) is 5. The highest BCUT2D eigenvalue weighted by Crippen LogP contribution is 2.23. The number of aryl methyl sites for hydroxylation is 1. The second-order valence-corrected chi connectivity index (χ2v) is 5.35. The molecule has 1 saturated heterocycles. The number of morpholine rings is 1. The van der Waals surface area contributed by atoms with E-state index in [-0.39, 0.29) is 5.91 Å². The van der Waals surface area contributed by atoms with E-state index < -0.39 is 0 Å². The molecule has 1 N–H and O–H groups in total. The van der Waals surface area contributed by atoms with Crippen LogP contribution >= 0.6 is 0 Å². The fraction of sp³-hybridized carbons (Fsp3) is 0.714. The number of ether oxygens (including phenoxy) is 1. The van der Waals surface area contributed by atoms with Gasteiger partial charge in [-0.25, -0.2) is 0 Å². The third-order valence-electron chi connectivity index (χ3n) is 3.98. The van der Waals surface area contributed by atoms with Crippen LogP contribution in [0.25, 0.3) is 0 Å². The Kier molecular flexibility index (Phi) is 4.32. The van der Waals surface area contributed by atoms with Crippen LogP contribution in [0.2, 0.25) is 0 Å². The van der Waals surface area contributed by atoms with Gasteiger partial charge in [0, 0.05) is 38.2 Å². The number of amides is 1. The topological polar surface area (TPSA) is 67.6 Å². The van der Waals surface area contributed by atoms with Gasteiger partial charge in [0.25, 0.3) is 5.91 Å². The molecule has 6 nitrogen and oxygen atoms in total. The second kappa shape index (κ2) is 6.37. The summed E-state index contributed by atoms with van der Waals surface area (Å²) < 4.78 is 10.6.